The molecule has 0 amide bonds. The van der Waals surface area contributed by atoms with Crippen LogP contribution in [0.5, 0.6) is 0 Å². The van der Waals surface area contributed by atoms with E-state index in [2.05, 4.69) is 19.2 Å². The second-order valence-electron chi connectivity index (χ2n) is 4.22. The van der Waals surface area contributed by atoms with Crippen LogP contribution in [-0.2, 0) is 0 Å². The van der Waals surface area contributed by atoms with E-state index in [0.717, 1.165) is 12.3 Å². The first-order valence-electron chi connectivity index (χ1n) is 4.55. The number of nitrogens with two attached hydrogens (primary N) is 1. The van der Waals surface area contributed by atoms with Gasteiger partial charge < -0.3 is 11.1 Å². The van der Waals surface area contributed by atoms with Gasteiger partial charge in [0.15, 0.2) is 0 Å². The number of hydrogen-bond acceptors (Lipinski definition) is 3. The smallest absolute Gasteiger partial charge is 0.0444 e. The molecule has 1 heterocycles. The summed E-state index contributed by atoms with van der Waals surface area (Å²) in [7, 11) is 2.03. The molecule has 0 saturated carbocycles. The number of likely N-dealkylation sites (N-methyl/N-ethyl adjacent to an activating group) is 1. The van der Waals surface area contributed by atoms with Crippen LogP contribution >= 0.6 is 11.8 Å². The average molecular weight is 188 g/mol. The maximum Gasteiger partial charge on any atom is 0.0444 e. The molecule has 1 saturated heterocycles. The fraction of sp³-hybridized carbons (Fsp3) is 1.00. The van der Waals surface area contributed by atoms with Gasteiger partial charge >= 0.3 is 0 Å². The molecule has 0 aliphatic carbocycles. The molecule has 3 heteroatoms. The normalized spacial score (nSPS) is 35.0. The molecule has 12 heavy (non-hydrogen) atoms. The number of rotatable bonds is 2. The van der Waals surface area contributed by atoms with Gasteiger partial charge in [-0.3, -0.25) is 0 Å². The van der Waals surface area contributed by atoms with Crippen LogP contribution in [0.2, 0.25) is 0 Å². The van der Waals surface area contributed by atoms with E-state index >= 15 is 0 Å². The second-order valence-corrected chi connectivity index (χ2v) is 5.33. The molecule has 1 aliphatic heterocycles. The monoisotopic (exact) mass is 188 g/mol. The van der Waals surface area contributed by atoms with E-state index < -0.39 is 0 Å². The van der Waals surface area contributed by atoms with Gasteiger partial charge in [0, 0.05) is 17.8 Å². The lowest BCUT2D eigenvalue weighted by atomic mass is 9.71. The third kappa shape index (κ3) is 1.50. The molecule has 0 aromatic rings. The van der Waals surface area contributed by atoms with E-state index in [0.29, 0.717) is 5.41 Å². The van der Waals surface area contributed by atoms with Gasteiger partial charge in [-0.1, -0.05) is 13.8 Å². The maximum atomic E-state index is 5.85. The van der Waals surface area contributed by atoms with Crippen molar-refractivity contribution >= 4 is 11.8 Å². The summed E-state index contributed by atoms with van der Waals surface area (Å²) in [5.74, 6) is 2.42. The van der Waals surface area contributed by atoms with Crippen LogP contribution in [-0.4, -0.2) is 30.6 Å². The third-order valence-corrected chi connectivity index (χ3v) is 4.53. The highest BCUT2D eigenvalue weighted by Gasteiger charge is 2.44. The largest absolute Gasteiger partial charge is 0.329 e. The predicted molar refractivity (Wildman–Crippen MR) is 56.6 cm³/mol. The van der Waals surface area contributed by atoms with Crippen molar-refractivity contribution in [2.45, 2.75) is 25.8 Å². The summed E-state index contributed by atoms with van der Waals surface area (Å²) in [6, 6.07) is 0. The van der Waals surface area contributed by atoms with Crippen molar-refractivity contribution in [3.63, 3.8) is 0 Å². The zero-order valence-electron chi connectivity index (χ0n) is 8.31. The molecule has 1 rings (SSSR count). The Hall–Kier alpha value is 0.270. The highest BCUT2D eigenvalue weighted by Crippen LogP contribution is 2.41. The van der Waals surface area contributed by atoms with E-state index in [1.165, 1.54) is 12.2 Å². The van der Waals surface area contributed by atoms with Gasteiger partial charge in [-0.25, -0.2) is 0 Å². The quantitative estimate of drug-likeness (QED) is 0.681. The Bertz CT molecular complexity index is 153. The Kier molecular flexibility index (Phi) is 3.07. The first-order valence-corrected chi connectivity index (χ1v) is 5.70. The molecule has 1 unspecified atom stereocenters. The zero-order valence-corrected chi connectivity index (χ0v) is 9.13. The molecule has 0 spiro atoms. The molecule has 2 nitrogen and oxygen atoms in total. The highest BCUT2D eigenvalue weighted by atomic mass is 32.2. The van der Waals surface area contributed by atoms with Crippen molar-refractivity contribution in [1.82, 2.24) is 5.32 Å². The van der Waals surface area contributed by atoms with E-state index in [4.69, 9.17) is 5.73 Å². The standard InChI is InChI=1S/C9H20N2S/c1-8(2)4-5-12-7-9(8,6-10)11-3/h11H,4-7,10H2,1-3H3. The van der Waals surface area contributed by atoms with Crippen molar-refractivity contribution in [3.05, 3.63) is 0 Å². The Labute approximate surface area is 79.7 Å². The number of nitrogens with one attached hydrogen (secondary N) is 1. The Morgan fingerprint density at radius 2 is 2.17 bits per heavy atom. The van der Waals surface area contributed by atoms with E-state index in [1.807, 2.05) is 18.8 Å². The molecule has 0 bridgehead atoms. The predicted octanol–water partition coefficient (Wildman–Crippen LogP) is 1.07. The summed E-state index contributed by atoms with van der Waals surface area (Å²) < 4.78 is 0. The van der Waals surface area contributed by atoms with Gasteiger partial charge in [0.2, 0.25) is 0 Å². The van der Waals surface area contributed by atoms with Crippen molar-refractivity contribution in [2.24, 2.45) is 11.1 Å². The van der Waals surface area contributed by atoms with Crippen molar-refractivity contribution in [3.8, 4) is 0 Å². The summed E-state index contributed by atoms with van der Waals surface area (Å²) in [6.45, 7) is 5.37. The highest BCUT2D eigenvalue weighted by molar-refractivity contribution is 7.99. The lowest BCUT2D eigenvalue weighted by Gasteiger charge is -2.49. The van der Waals surface area contributed by atoms with Gasteiger partial charge in [-0.2, -0.15) is 11.8 Å². The maximum absolute atomic E-state index is 5.85. The molecule has 0 aromatic heterocycles. The molecule has 0 aromatic carbocycles. The van der Waals surface area contributed by atoms with Crippen LogP contribution in [0.1, 0.15) is 20.3 Å². The van der Waals surface area contributed by atoms with Crippen LogP contribution in [0.4, 0.5) is 0 Å². The van der Waals surface area contributed by atoms with Gasteiger partial charge in [0.05, 0.1) is 0 Å². The first kappa shape index (κ1) is 10.4. The van der Waals surface area contributed by atoms with Crippen molar-refractivity contribution in [1.29, 1.82) is 0 Å². The average Bonchev–Trinajstić information content (AvgIpc) is 2.05. The zero-order chi connectivity index (χ0) is 9.24. The molecule has 72 valence electrons. The van der Waals surface area contributed by atoms with E-state index in [1.54, 1.807) is 0 Å². The number of thioether (sulfide) groups is 1. The lowest BCUT2D eigenvalue weighted by molar-refractivity contribution is 0.147. The van der Waals surface area contributed by atoms with Gasteiger partial charge in [-0.05, 0) is 24.6 Å². The fourth-order valence-electron chi connectivity index (χ4n) is 1.86. The summed E-state index contributed by atoms with van der Waals surface area (Å²) in [5, 5.41) is 3.41. The third-order valence-electron chi connectivity index (χ3n) is 3.34. The summed E-state index contributed by atoms with van der Waals surface area (Å²) in [5.41, 5.74) is 6.33. The molecule has 3 N–H and O–H groups in total. The molecular formula is C9H20N2S. The Morgan fingerprint density at radius 1 is 1.50 bits per heavy atom. The summed E-state index contributed by atoms with van der Waals surface area (Å²) >= 11 is 2.01. The minimum Gasteiger partial charge on any atom is -0.329 e. The van der Waals surface area contributed by atoms with Crippen LogP contribution in [0.15, 0.2) is 0 Å². The van der Waals surface area contributed by atoms with Crippen LogP contribution < -0.4 is 11.1 Å². The minimum atomic E-state index is 0.149. The van der Waals surface area contributed by atoms with Gasteiger partial charge in [-0.15, -0.1) is 0 Å². The first-order chi connectivity index (χ1) is 5.58. The molecule has 1 fully saturated rings. The fourth-order valence-corrected chi connectivity index (χ4v) is 3.66. The topological polar surface area (TPSA) is 38.0 Å². The Morgan fingerprint density at radius 3 is 2.50 bits per heavy atom. The summed E-state index contributed by atoms with van der Waals surface area (Å²) in [4.78, 5) is 0. The number of hydrogen-bond donors (Lipinski definition) is 2. The van der Waals surface area contributed by atoms with Crippen LogP contribution in [0, 0.1) is 5.41 Å². The molecule has 1 aliphatic rings. The molecule has 1 atom stereocenters. The van der Waals surface area contributed by atoms with Gasteiger partial charge in [0.1, 0.15) is 0 Å². The van der Waals surface area contributed by atoms with E-state index in [-0.39, 0.29) is 5.54 Å². The van der Waals surface area contributed by atoms with Crippen LogP contribution in [0.25, 0.3) is 0 Å². The molecule has 0 radical (unpaired) electrons. The Balaban J connectivity index is 2.81. The lowest BCUT2D eigenvalue weighted by Crippen LogP contribution is -2.63. The van der Waals surface area contributed by atoms with E-state index in [9.17, 15) is 0 Å². The van der Waals surface area contributed by atoms with Crippen molar-refractivity contribution in [2.75, 3.05) is 25.1 Å². The molecular weight excluding hydrogens is 168 g/mol. The summed E-state index contributed by atoms with van der Waals surface area (Å²) in [6.07, 6.45) is 1.26. The van der Waals surface area contributed by atoms with Crippen molar-refractivity contribution < 1.29 is 0 Å². The second kappa shape index (κ2) is 3.56. The minimum absolute atomic E-state index is 0.149. The SMILES string of the molecule is CNC1(CN)CSCCC1(C)C. The van der Waals surface area contributed by atoms with Crippen LogP contribution in [0.3, 0.4) is 0 Å². The van der Waals surface area contributed by atoms with Gasteiger partial charge in [0.25, 0.3) is 0 Å².